The van der Waals surface area contributed by atoms with E-state index in [1.54, 1.807) is 0 Å². The number of hydrogen-bond donors (Lipinski definition) is 1. The van der Waals surface area contributed by atoms with Crippen molar-refractivity contribution in [1.29, 1.82) is 0 Å². The molecule has 11 heavy (non-hydrogen) atoms. The molecule has 0 aromatic heterocycles. The fraction of sp³-hybridized carbons (Fsp3) is 1.00. The third-order valence-corrected chi connectivity index (χ3v) is 2.42. The Morgan fingerprint density at radius 3 is 2.27 bits per heavy atom. The summed E-state index contributed by atoms with van der Waals surface area (Å²) in [6.45, 7) is 7.91. The SMILES string of the molecule is CC(C)CC(CN)N1CCC1. The first-order chi connectivity index (χ1) is 5.24. The third kappa shape index (κ3) is 2.46. The Labute approximate surface area is 69.8 Å². The summed E-state index contributed by atoms with van der Waals surface area (Å²) in [5.41, 5.74) is 5.69. The van der Waals surface area contributed by atoms with Crippen LogP contribution in [-0.4, -0.2) is 30.6 Å². The largest absolute Gasteiger partial charge is 0.329 e. The highest BCUT2D eigenvalue weighted by atomic mass is 15.2. The van der Waals surface area contributed by atoms with E-state index in [0.717, 1.165) is 12.5 Å². The molecule has 1 saturated heterocycles. The molecule has 1 fully saturated rings. The van der Waals surface area contributed by atoms with Crippen LogP contribution in [0.3, 0.4) is 0 Å². The summed E-state index contributed by atoms with van der Waals surface area (Å²) >= 11 is 0. The molecule has 0 aromatic rings. The van der Waals surface area contributed by atoms with E-state index in [-0.39, 0.29) is 0 Å². The first-order valence-electron chi connectivity index (χ1n) is 4.68. The molecule has 1 aliphatic rings. The zero-order valence-electron chi connectivity index (χ0n) is 7.71. The molecule has 1 atom stereocenters. The highest BCUT2D eigenvalue weighted by molar-refractivity contribution is 4.79. The van der Waals surface area contributed by atoms with E-state index in [0.29, 0.717) is 6.04 Å². The fourth-order valence-corrected chi connectivity index (χ4v) is 1.64. The highest BCUT2D eigenvalue weighted by Crippen LogP contribution is 2.16. The molecule has 1 heterocycles. The lowest BCUT2D eigenvalue weighted by molar-refractivity contribution is 0.107. The minimum absolute atomic E-state index is 0.656. The summed E-state index contributed by atoms with van der Waals surface area (Å²) in [4.78, 5) is 2.50. The van der Waals surface area contributed by atoms with Crippen molar-refractivity contribution < 1.29 is 0 Å². The number of rotatable bonds is 4. The van der Waals surface area contributed by atoms with Crippen LogP contribution in [-0.2, 0) is 0 Å². The van der Waals surface area contributed by atoms with Gasteiger partial charge in [0.25, 0.3) is 0 Å². The van der Waals surface area contributed by atoms with Crippen LogP contribution >= 0.6 is 0 Å². The van der Waals surface area contributed by atoms with Gasteiger partial charge in [-0.2, -0.15) is 0 Å². The van der Waals surface area contributed by atoms with Crippen molar-refractivity contribution in [3.63, 3.8) is 0 Å². The molecule has 0 saturated carbocycles. The molecule has 0 radical (unpaired) electrons. The van der Waals surface area contributed by atoms with Gasteiger partial charge in [-0.15, -0.1) is 0 Å². The zero-order valence-corrected chi connectivity index (χ0v) is 7.71. The van der Waals surface area contributed by atoms with Gasteiger partial charge in [0, 0.05) is 12.6 Å². The molecule has 1 unspecified atom stereocenters. The average Bonchev–Trinajstić information content (AvgIpc) is 1.81. The minimum atomic E-state index is 0.656. The Kier molecular flexibility index (Phi) is 3.34. The lowest BCUT2D eigenvalue weighted by Gasteiger charge is -2.38. The van der Waals surface area contributed by atoms with Gasteiger partial charge < -0.3 is 5.73 Å². The van der Waals surface area contributed by atoms with Crippen LogP contribution in [0.1, 0.15) is 26.7 Å². The van der Waals surface area contributed by atoms with E-state index in [1.165, 1.54) is 25.9 Å². The Bertz CT molecular complexity index is 108. The highest BCUT2D eigenvalue weighted by Gasteiger charge is 2.22. The first kappa shape index (κ1) is 9.01. The zero-order chi connectivity index (χ0) is 8.27. The predicted octanol–water partition coefficient (Wildman–Crippen LogP) is 1.07. The van der Waals surface area contributed by atoms with Gasteiger partial charge in [0.05, 0.1) is 0 Å². The Morgan fingerprint density at radius 1 is 1.36 bits per heavy atom. The maximum absolute atomic E-state index is 5.69. The van der Waals surface area contributed by atoms with Crippen molar-refractivity contribution in [1.82, 2.24) is 4.90 Å². The topological polar surface area (TPSA) is 29.3 Å². The molecule has 0 aromatic carbocycles. The Hall–Kier alpha value is -0.0800. The molecule has 0 spiro atoms. The summed E-state index contributed by atoms with van der Waals surface area (Å²) in [5.74, 6) is 0.782. The maximum Gasteiger partial charge on any atom is 0.0220 e. The second-order valence-electron chi connectivity index (χ2n) is 3.91. The van der Waals surface area contributed by atoms with E-state index in [2.05, 4.69) is 18.7 Å². The van der Waals surface area contributed by atoms with Gasteiger partial charge in [0.1, 0.15) is 0 Å². The molecular weight excluding hydrogens is 136 g/mol. The second-order valence-corrected chi connectivity index (χ2v) is 3.91. The van der Waals surface area contributed by atoms with Crippen molar-refractivity contribution in [3.05, 3.63) is 0 Å². The molecule has 66 valence electrons. The molecule has 0 amide bonds. The number of likely N-dealkylation sites (tertiary alicyclic amines) is 1. The summed E-state index contributed by atoms with van der Waals surface area (Å²) < 4.78 is 0. The van der Waals surface area contributed by atoms with Crippen LogP contribution < -0.4 is 5.73 Å². The molecule has 0 bridgehead atoms. The van der Waals surface area contributed by atoms with Crippen molar-refractivity contribution >= 4 is 0 Å². The summed E-state index contributed by atoms with van der Waals surface area (Å²) in [6, 6.07) is 0.656. The number of hydrogen-bond acceptors (Lipinski definition) is 2. The number of nitrogens with zero attached hydrogens (tertiary/aromatic N) is 1. The van der Waals surface area contributed by atoms with Gasteiger partial charge in [-0.05, 0) is 31.8 Å². The lowest BCUT2D eigenvalue weighted by Crippen LogP contribution is -2.49. The smallest absolute Gasteiger partial charge is 0.0220 e. The standard InChI is InChI=1S/C9H20N2/c1-8(2)6-9(7-10)11-4-3-5-11/h8-9H,3-7,10H2,1-2H3. The van der Waals surface area contributed by atoms with Crippen molar-refractivity contribution in [2.75, 3.05) is 19.6 Å². The fourth-order valence-electron chi connectivity index (χ4n) is 1.64. The predicted molar refractivity (Wildman–Crippen MR) is 48.5 cm³/mol. The van der Waals surface area contributed by atoms with Gasteiger partial charge in [-0.3, -0.25) is 4.90 Å². The average molecular weight is 156 g/mol. The Morgan fingerprint density at radius 2 is 2.00 bits per heavy atom. The van der Waals surface area contributed by atoms with Gasteiger partial charge in [0.2, 0.25) is 0 Å². The summed E-state index contributed by atoms with van der Waals surface area (Å²) in [5, 5.41) is 0. The molecule has 0 aliphatic carbocycles. The Balaban J connectivity index is 2.23. The second kappa shape index (κ2) is 4.07. The van der Waals surface area contributed by atoms with Crippen molar-refractivity contribution in [3.8, 4) is 0 Å². The van der Waals surface area contributed by atoms with Crippen LogP contribution in [0.15, 0.2) is 0 Å². The molecule has 1 rings (SSSR count). The van der Waals surface area contributed by atoms with E-state index in [9.17, 15) is 0 Å². The molecule has 2 nitrogen and oxygen atoms in total. The van der Waals surface area contributed by atoms with Gasteiger partial charge >= 0.3 is 0 Å². The van der Waals surface area contributed by atoms with Gasteiger partial charge in [-0.1, -0.05) is 13.8 Å². The van der Waals surface area contributed by atoms with Crippen LogP contribution in [0.25, 0.3) is 0 Å². The van der Waals surface area contributed by atoms with Crippen LogP contribution in [0, 0.1) is 5.92 Å². The van der Waals surface area contributed by atoms with Crippen LogP contribution in [0.4, 0.5) is 0 Å². The van der Waals surface area contributed by atoms with E-state index in [4.69, 9.17) is 5.73 Å². The van der Waals surface area contributed by atoms with E-state index < -0.39 is 0 Å². The normalized spacial score (nSPS) is 21.8. The van der Waals surface area contributed by atoms with Crippen molar-refractivity contribution in [2.45, 2.75) is 32.7 Å². The molecular formula is C9H20N2. The van der Waals surface area contributed by atoms with Gasteiger partial charge in [-0.25, -0.2) is 0 Å². The first-order valence-corrected chi connectivity index (χ1v) is 4.68. The van der Waals surface area contributed by atoms with Crippen LogP contribution in [0.2, 0.25) is 0 Å². The summed E-state index contributed by atoms with van der Waals surface area (Å²) in [6.07, 6.45) is 2.63. The quantitative estimate of drug-likeness (QED) is 0.659. The van der Waals surface area contributed by atoms with E-state index >= 15 is 0 Å². The maximum atomic E-state index is 5.69. The monoisotopic (exact) mass is 156 g/mol. The van der Waals surface area contributed by atoms with Crippen LogP contribution in [0.5, 0.6) is 0 Å². The van der Waals surface area contributed by atoms with Crippen molar-refractivity contribution in [2.24, 2.45) is 11.7 Å². The molecule has 1 aliphatic heterocycles. The minimum Gasteiger partial charge on any atom is -0.329 e. The molecule has 2 N–H and O–H groups in total. The lowest BCUT2D eigenvalue weighted by atomic mass is 10.00. The third-order valence-electron chi connectivity index (χ3n) is 2.42. The number of nitrogens with two attached hydrogens (primary N) is 1. The summed E-state index contributed by atoms with van der Waals surface area (Å²) in [7, 11) is 0. The molecule has 2 heteroatoms. The van der Waals surface area contributed by atoms with E-state index in [1.807, 2.05) is 0 Å². The van der Waals surface area contributed by atoms with Gasteiger partial charge in [0.15, 0.2) is 0 Å².